The van der Waals surface area contributed by atoms with Crippen LogP contribution in [0.1, 0.15) is 6.42 Å². The van der Waals surface area contributed by atoms with Crippen LogP contribution >= 0.6 is 12.4 Å². The van der Waals surface area contributed by atoms with E-state index in [-0.39, 0.29) is 12.4 Å². The molecule has 0 spiro atoms. The number of hydrogen-bond donors (Lipinski definition) is 0. The van der Waals surface area contributed by atoms with E-state index in [1.807, 2.05) is 0 Å². The zero-order chi connectivity index (χ0) is 14.7. The summed E-state index contributed by atoms with van der Waals surface area (Å²) in [5.41, 5.74) is 0. The molecule has 0 amide bonds. The van der Waals surface area contributed by atoms with Gasteiger partial charge in [0.15, 0.2) is 0 Å². The average molecular weight is 406 g/mol. The molecule has 1 aliphatic rings. The van der Waals surface area contributed by atoms with Gasteiger partial charge in [-0.2, -0.15) is 0 Å². The van der Waals surface area contributed by atoms with Crippen LogP contribution in [0, 0.1) is 0 Å². The van der Waals surface area contributed by atoms with E-state index >= 15 is 0 Å². The maximum atomic E-state index is 2.64. The Bertz CT molecular complexity index is 623. The molecule has 0 saturated heterocycles. The van der Waals surface area contributed by atoms with Crippen LogP contribution in [0.2, 0.25) is 9.26 Å². The predicted octanol–water partition coefficient (Wildman–Crippen LogP) is 4.04. The molecule has 0 nitrogen and oxygen atoms in total. The molecule has 0 aromatic heterocycles. The molecule has 0 saturated carbocycles. The first-order chi connectivity index (χ1) is 10.2. The number of halogens is 1. The summed E-state index contributed by atoms with van der Waals surface area (Å²) in [5.74, 6) is -1.11. The van der Waals surface area contributed by atoms with Crippen molar-refractivity contribution in [3.8, 4) is 0 Å². The third-order valence-electron chi connectivity index (χ3n) is 4.59. The third kappa shape index (κ3) is 3.62. The fourth-order valence-electron chi connectivity index (χ4n) is 3.43. The topological polar surface area (TPSA) is 0 Å². The van der Waals surface area contributed by atoms with Crippen LogP contribution in [0.15, 0.2) is 82.2 Å². The first kappa shape index (κ1) is 17.7. The second-order valence-electron chi connectivity index (χ2n) is 6.30. The minimum absolute atomic E-state index is 0. The molecule has 0 N–H and O–H groups in total. The van der Waals surface area contributed by atoms with Gasteiger partial charge < -0.3 is 0 Å². The van der Waals surface area contributed by atoms with Crippen molar-refractivity contribution in [1.82, 2.24) is 0 Å². The van der Waals surface area contributed by atoms with Gasteiger partial charge in [-0.15, -0.1) is 12.4 Å². The van der Waals surface area contributed by atoms with Crippen LogP contribution in [0.5, 0.6) is 0 Å². The molecule has 2 aromatic rings. The van der Waals surface area contributed by atoms with Crippen molar-refractivity contribution in [2.75, 3.05) is 0 Å². The van der Waals surface area contributed by atoms with Gasteiger partial charge in [-0.25, -0.2) is 0 Å². The van der Waals surface area contributed by atoms with Gasteiger partial charge in [-0.3, -0.25) is 0 Å². The number of rotatable bonds is 4. The monoisotopic (exact) mass is 404 g/mol. The van der Waals surface area contributed by atoms with E-state index in [1.54, 1.807) is 13.7 Å². The molecule has 22 heavy (non-hydrogen) atoms. The molecule has 0 aliphatic heterocycles. The molecule has 3 rings (SSSR count). The van der Waals surface area contributed by atoms with E-state index in [4.69, 9.17) is 0 Å². The molecular weight excluding hydrogens is 383 g/mol. The molecule has 0 atom stereocenters. The van der Waals surface area contributed by atoms with E-state index in [0.717, 1.165) is 0 Å². The van der Waals surface area contributed by atoms with Crippen LogP contribution in [0.4, 0.5) is 0 Å². The quantitative estimate of drug-likeness (QED) is 0.673. The van der Waals surface area contributed by atoms with Gasteiger partial charge in [-0.1, -0.05) is 0 Å². The van der Waals surface area contributed by atoms with E-state index in [1.165, 1.54) is 6.42 Å². The summed E-state index contributed by atoms with van der Waals surface area (Å²) in [6.45, 7) is 0. The first-order valence-corrected chi connectivity index (χ1v) is 19.8. The Morgan fingerprint density at radius 3 is 1.73 bits per heavy atom. The Balaban J connectivity index is 0.00000176. The molecule has 114 valence electrons. The maximum absolute atomic E-state index is 2.64. The van der Waals surface area contributed by atoms with Crippen molar-refractivity contribution >= 4 is 28.7 Å². The number of benzene rings is 2. The zero-order valence-corrected chi connectivity index (χ0v) is 17.6. The summed E-state index contributed by atoms with van der Waals surface area (Å²) in [6.07, 6.45) is 8.21. The third-order valence-corrected chi connectivity index (χ3v) is 30.9. The molecule has 0 heterocycles. The van der Waals surface area contributed by atoms with E-state index in [9.17, 15) is 0 Å². The Morgan fingerprint density at radius 2 is 1.32 bits per heavy atom. The van der Waals surface area contributed by atoms with Crippen molar-refractivity contribution in [2.45, 2.75) is 15.7 Å². The van der Waals surface area contributed by atoms with Crippen LogP contribution < -0.4 is 10.4 Å². The van der Waals surface area contributed by atoms with Gasteiger partial charge in [0, 0.05) is 0 Å². The minimum atomic E-state index is -2.31. The average Bonchev–Trinajstić information content (AvgIpc) is 3.04. The Morgan fingerprint density at radius 1 is 0.818 bits per heavy atom. The summed E-state index contributed by atoms with van der Waals surface area (Å²) in [7, 11) is 0. The van der Waals surface area contributed by atoms with E-state index in [0.29, 0.717) is 0 Å². The summed E-state index contributed by atoms with van der Waals surface area (Å²) >= 11 is -2.31. The van der Waals surface area contributed by atoms with Gasteiger partial charge in [0.2, 0.25) is 0 Å². The predicted molar refractivity (Wildman–Crippen MR) is 100 cm³/mol. The van der Waals surface area contributed by atoms with Crippen LogP contribution in [-0.4, -0.2) is 5.92 Å². The summed E-state index contributed by atoms with van der Waals surface area (Å²) < 4.78 is 7.07. The normalized spacial score (nSPS) is 13.9. The van der Waals surface area contributed by atoms with Gasteiger partial charge in [0.25, 0.3) is 0 Å². The fourth-order valence-corrected chi connectivity index (χ4v) is 29.1. The SMILES string of the molecule is Cl.[CH3][Zr]([CH3])([C]1=CC=CC1)[SiH](c1ccccc1)c1ccccc1. The second-order valence-corrected chi connectivity index (χ2v) is 31.3. The molecule has 0 radical (unpaired) electrons. The molecule has 0 unspecified atom stereocenters. The van der Waals surface area contributed by atoms with E-state index < -0.39 is 25.4 Å². The van der Waals surface area contributed by atoms with Gasteiger partial charge >= 0.3 is 134 Å². The van der Waals surface area contributed by atoms with Gasteiger partial charge in [-0.05, 0) is 0 Å². The van der Waals surface area contributed by atoms with Crippen molar-refractivity contribution in [2.24, 2.45) is 0 Å². The van der Waals surface area contributed by atoms with Gasteiger partial charge in [0.1, 0.15) is 0 Å². The number of hydrogen-bond acceptors (Lipinski definition) is 0. The van der Waals surface area contributed by atoms with Crippen LogP contribution in [0.3, 0.4) is 0 Å². The molecular formula is C19H23ClSiZr. The molecule has 0 fully saturated rings. The first-order valence-electron chi connectivity index (χ1n) is 7.65. The van der Waals surface area contributed by atoms with Crippen LogP contribution in [0.25, 0.3) is 0 Å². The van der Waals surface area contributed by atoms with Crippen molar-refractivity contribution < 1.29 is 19.4 Å². The van der Waals surface area contributed by atoms with Gasteiger partial charge in [0.05, 0.1) is 0 Å². The Labute approximate surface area is 145 Å². The molecule has 1 aliphatic carbocycles. The van der Waals surface area contributed by atoms with Crippen molar-refractivity contribution in [3.63, 3.8) is 0 Å². The van der Waals surface area contributed by atoms with E-state index in [2.05, 4.69) is 88.2 Å². The van der Waals surface area contributed by atoms with Crippen molar-refractivity contribution in [3.05, 3.63) is 82.2 Å². The fraction of sp³-hybridized carbons (Fsp3) is 0.158. The second kappa shape index (κ2) is 7.73. The molecule has 0 bridgehead atoms. The molecule has 3 heteroatoms. The standard InChI is InChI=1S/C12H11Si.C5H5.2CH3.ClH.Zr/c1-3-7-11(8-4-1)13-12-9-5-2-6-10-12;1-2-4-5-3-1;;;;/h1-10,13H;1-3H,4H2;2*1H3;1H;. The van der Waals surface area contributed by atoms with Crippen molar-refractivity contribution in [1.29, 1.82) is 0 Å². The zero-order valence-electron chi connectivity index (χ0n) is 13.2. The Hall–Kier alpha value is -0.690. The summed E-state index contributed by atoms with van der Waals surface area (Å²) in [4.78, 5) is 0. The molecule has 2 aromatic carbocycles. The Kier molecular flexibility index (Phi) is 6.20. The summed E-state index contributed by atoms with van der Waals surface area (Å²) in [6, 6.07) is 22.6. The van der Waals surface area contributed by atoms with Crippen LogP contribution in [-0.2, 0) is 19.4 Å². The summed E-state index contributed by atoms with van der Waals surface area (Å²) in [5, 5.41) is 3.25. The number of allylic oxidation sites excluding steroid dienone is 4.